The number of tetrazole rings is 1. The van der Waals surface area contributed by atoms with Crippen LogP contribution >= 0.6 is 11.3 Å². The summed E-state index contributed by atoms with van der Waals surface area (Å²) >= 11 is 1.52. The van der Waals surface area contributed by atoms with Crippen LogP contribution in [-0.2, 0) is 0 Å². The molecule has 0 fully saturated rings. The number of hydrogen-bond acceptors (Lipinski definition) is 7. The van der Waals surface area contributed by atoms with Gasteiger partial charge in [0.15, 0.2) is 0 Å². The average molecular weight is 355 g/mol. The Morgan fingerprint density at radius 2 is 2.20 bits per heavy atom. The zero-order valence-electron chi connectivity index (χ0n) is 13.3. The number of anilines is 1. The van der Waals surface area contributed by atoms with Crippen molar-refractivity contribution >= 4 is 39.1 Å². The van der Waals surface area contributed by atoms with Crippen LogP contribution in [0.4, 0.5) is 5.95 Å². The van der Waals surface area contributed by atoms with Crippen LogP contribution < -0.4 is 10.9 Å². The van der Waals surface area contributed by atoms with E-state index in [0.29, 0.717) is 27.3 Å². The molecule has 0 bridgehead atoms. The minimum atomic E-state index is -0.430. The summed E-state index contributed by atoms with van der Waals surface area (Å²) in [6.07, 6.45) is 1.47. The van der Waals surface area contributed by atoms with Crippen molar-refractivity contribution in [2.75, 3.05) is 5.32 Å². The van der Waals surface area contributed by atoms with Gasteiger partial charge in [-0.1, -0.05) is 18.9 Å². The smallest absolute Gasteiger partial charge is 0.266 e. The molecule has 0 aliphatic carbocycles. The van der Waals surface area contributed by atoms with E-state index in [1.54, 1.807) is 12.1 Å². The SMILES string of the molecule is CC(C)c1cc2c(=O)n3cc(C(=O)Nc4nnn[nH]4)ccc3nc2s1. The normalized spacial score (nSPS) is 11.5. The highest BCUT2D eigenvalue weighted by molar-refractivity contribution is 7.18. The third-order valence-corrected chi connectivity index (χ3v) is 5.06. The maximum Gasteiger partial charge on any atom is 0.266 e. The molecular weight excluding hydrogens is 342 g/mol. The van der Waals surface area contributed by atoms with E-state index in [1.807, 2.05) is 6.07 Å². The molecule has 0 saturated heterocycles. The van der Waals surface area contributed by atoms with E-state index in [1.165, 1.54) is 21.9 Å². The molecule has 0 spiro atoms. The minimum Gasteiger partial charge on any atom is -0.289 e. The molecule has 25 heavy (non-hydrogen) atoms. The number of H-pyrrole nitrogens is 1. The van der Waals surface area contributed by atoms with Gasteiger partial charge in [-0.25, -0.2) is 10.1 Å². The van der Waals surface area contributed by atoms with Gasteiger partial charge in [-0.3, -0.25) is 19.3 Å². The van der Waals surface area contributed by atoms with Crippen molar-refractivity contribution in [3.05, 3.63) is 45.2 Å². The van der Waals surface area contributed by atoms with Gasteiger partial charge in [-0.2, -0.15) is 0 Å². The summed E-state index contributed by atoms with van der Waals surface area (Å²) in [5, 5.41) is 15.9. The molecule has 4 heterocycles. The van der Waals surface area contributed by atoms with Gasteiger partial charge in [0.05, 0.1) is 10.9 Å². The summed E-state index contributed by atoms with van der Waals surface area (Å²) in [7, 11) is 0. The number of amides is 1. The van der Waals surface area contributed by atoms with E-state index in [9.17, 15) is 9.59 Å². The molecule has 0 aliphatic rings. The minimum absolute atomic E-state index is 0.130. The van der Waals surface area contributed by atoms with Gasteiger partial charge in [0, 0.05) is 11.1 Å². The molecule has 0 saturated carbocycles. The van der Waals surface area contributed by atoms with Crippen molar-refractivity contribution in [1.29, 1.82) is 0 Å². The highest BCUT2D eigenvalue weighted by Gasteiger charge is 2.14. The number of carbonyl (C=O) groups is 1. The van der Waals surface area contributed by atoms with Gasteiger partial charge in [0.1, 0.15) is 10.5 Å². The lowest BCUT2D eigenvalue weighted by atomic mass is 10.2. The maximum atomic E-state index is 12.8. The molecule has 0 aromatic carbocycles. The Hall–Kier alpha value is -3.14. The average Bonchev–Trinajstić information content (AvgIpc) is 3.24. The molecule has 0 radical (unpaired) electrons. The van der Waals surface area contributed by atoms with Gasteiger partial charge in [-0.15, -0.1) is 11.3 Å². The molecular formula is C15H13N7O2S. The van der Waals surface area contributed by atoms with E-state index in [-0.39, 0.29) is 11.5 Å². The molecule has 0 unspecified atom stereocenters. The van der Waals surface area contributed by atoms with Gasteiger partial charge in [0.2, 0.25) is 5.95 Å². The van der Waals surface area contributed by atoms with Crippen molar-refractivity contribution < 1.29 is 4.79 Å². The molecule has 10 heteroatoms. The Morgan fingerprint density at radius 1 is 1.36 bits per heavy atom. The second-order valence-electron chi connectivity index (χ2n) is 5.79. The van der Waals surface area contributed by atoms with Crippen LogP contribution in [0, 0.1) is 0 Å². The number of rotatable bonds is 3. The Kier molecular flexibility index (Phi) is 3.53. The Balaban J connectivity index is 1.81. The fourth-order valence-corrected chi connectivity index (χ4v) is 3.46. The number of nitrogens with zero attached hydrogens (tertiary/aromatic N) is 5. The quantitative estimate of drug-likeness (QED) is 0.578. The summed E-state index contributed by atoms with van der Waals surface area (Å²) < 4.78 is 1.38. The van der Waals surface area contributed by atoms with Gasteiger partial charge >= 0.3 is 0 Å². The third-order valence-electron chi connectivity index (χ3n) is 3.73. The molecule has 0 atom stereocenters. The van der Waals surface area contributed by atoms with Crippen molar-refractivity contribution in [2.45, 2.75) is 19.8 Å². The van der Waals surface area contributed by atoms with Crippen molar-refractivity contribution in [3.8, 4) is 0 Å². The molecule has 4 rings (SSSR count). The zero-order chi connectivity index (χ0) is 17.6. The van der Waals surface area contributed by atoms with Crippen molar-refractivity contribution in [3.63, 3.8) is 0 Å². The molecule has 4 aromatic heterocycles. The number of hydrogen-bond donors (Lipinski definition) is 2. The number of aromatic nitrogens is 6. The topological polar surface area (TPSA) is 118 Å². The second kappa shape index (κ2) is 5.74. The van der Waals surface area contributed by atoms with Gasteiger partial charge in [-0.05, 0) is 34.5 Å². The first kappa shape index (κ1) is 15.4. The molecule has 4 aromatic rings. The Labute approximate surface area is 144 Å². The number of thiophene rings is 1. The van der Waals surface area contributed by atoms with Crippen LogP contribution in [0.3, 0.4) is 0 Å². The third kappa shape index (κ3) is 2.66. The summed E-state index contributed by atoms with van der Waals surface area (Å²) in [5.74, 6) is 0.0228. The van der Waals surface area contributed by atoms with E-state index >= 15 is 0 Å². The first-order chi connectivity index (χ1) is 12.0. The number of fused-ring (bicyclic) bond motifs is 2. The molecule has 9 nitrogen and oxygen atoms in total. The Bertz CT molecular complexity index is 1140. The van der Waals surface area contributed by atoms with Crippen LogP contribution in [0.1, 0.15) is 35.0 Å². The van der Waals surface area contributed by atoms with Crippen LogP contribution in [0.15, 0.2) is 29.2 Å². The zero-order valence-corrected chi connectivity index (χ0v) is 14.2. The Morgan fingerprint density at radius 3 is 2.92 bits per heavy atom. The highest BCUT2D eigenvalue weighted by atomic mass is 32.1. The van der Waals surface area contributed by atoms with Crippen LogP contribution in [-0.4, -0.2) is 35.9 Å². The lowest BCUT2D eigenvalue weighted by Gasteiger charge is -2.04. The van der Waals surface area contributed by atoms with Crippen LogP contribution in [0.25, 0.3) is 15.9 Å². The summed E-state index contributed by atoms with van der Waals surface area (Å²) in [5.41, 5.74) is 0.595. The van der Waals surface area contributed by atoms with Gasteiger partial charge < -0.3 is 0 Å². The number of carbonyl (C=O) groups excluding carboxylic acids is 1. The highest BCUT2D eigenvalue weighted by Crippen LogP contribution is 2.27. The first-order valence-electron chi connectivity index (χ1n) is 7.54. The maximum absolute atomic E-state index is 12.8. The second-order valence-corrected chi connectivity index (χ2v) is 6.85. The van der Waals surface area contributed by atoms with Gasteiger partial charge in [0.25, 0.3) is 11.5 Å². The fourth-order valence-electron chi connectivity index (χ4n) is 2.43. The lowest BCUT2D eigenvalue weighted by molar-refractivity contribution is 0.102. The number of pyridine rings is 1. The van der Waals surface area contributed by atoms with Crippen LogP contribution in [0.2, 0.25) is 0 Å². The number of nitrogens with one attached hydrogen (secondary N) is 2. The summed E-state index contributed by atoms with van der Waals surface area (Å²) in [6.45, 7) is 4.14. The molecule has 126 valence electrons. The molecule has 2 N–H and O–H groups in total. The first-order valence-corrected chi connectivity index (χ1v) is 8.35. The predicted octanol–water partition coefficient (Wildman–Crippen LogP) is 1.80. The summed E-state index contributed by atoms with van der Waals surface area (Å²) in [6, 6.07) is 5.12. The van der Waals surface area contributed by atoms with E-state index in [2.05, 4.69) is 44.8 Å². The van der Waals surface area contributed by atoms with Crippen molar-refractivity contribution in [1.82, 2.24) is 30.0 Å². The van der Waals surface area contributed by atoms with E-state index in [0.717, 1.165) is 4.88 Å². The van der Waals surface area contributed by atoms with Crippen LogP contribution in [0.5, 0.6) is 0 Å². The monoisotopic (exact) mass is 355 g/mol. The molecule has 0 aliphatic heterocycles. The standard InChI is InChI=1S/C15H13N7O2S/c1-7(2)10-5-9-13(25-10)16-11-4-3-8(6-22(11)14(9)24)12(23)17-15-18-20-21-19-15/h3-7H,1-2H3,(H2,17,18,19,20,21,23). The predicted molar refractivity (Wildman–Crippen MR) is 93.1 cm³/mol. The molecule has 1 amide bonds. The fraction of sp³-hybridized carbons (Fsp3) is 0.200. The van der Waals surface area contributed by atoms with E-state index < -0.39 is 5.91 Å². The summed E-state index contributed by atoms with van der Waals surface area (Å²) in [4.78, 5) is 31.4. The van der Waals surface area contributed by atoms with Crippen molar-refractivity contribution in [2.24, 2.45) is 0 Å². The number of aromatic amines is 1. The lowest BCUT2D eigenvalue weighted by Crippen LogP contribution is -2.18. The largest absolute Gasteiger partial charge is 0.289 e. The van der Waals surface area contributed by atoms with E-state index in [4.69, 9.17) is 0 Å².